The number of hydrogen-bond donors (Lipinski definition) is 1. The fraction of sp³-hybridized carbons (Fsp3) is 0.778. The van der Waals surface area contributed by atoms with Crippen molar-refractivity contribution in [2.45, 2.75) is 37.2 Å². The molecule has 3 heteroatoms. The molecule has 1 saturated heterocycles. The van der Waals surface area contributed by atoms with Gasteiger partial charge in [-0.15, -0.1) is 11.8 Å². The van der Waals surface area contributed by atoms with Crippen molar-refractivity contribution in [3.05, 3.63) is 6.92 Å². The van der Waals surface area contributed by atoms with Gasteiger partial charge in [0.25, 0.3) is 0 Å². The molecule has 1 heterocycles. The van der Waals surface area contributed by atoms with Crippen LogP contribution in [-0.4, -0.2) is 21.4 Å². The van der Waals surface area contributed by atoms with Gasteiger partial charge in [0.1, 0.15) is 0 Å². The van der Waals surface area contributed by atoms with Crippen LogP contribution in [0.2, 0.25) is 0 Å². The molecule has 12 heavy (non-hydrogen) atoms. The maximum atomic E-state index is 8.72. The van der Waals surface area contributed by atoms with E-state index in [0.717, 1.165) is 18.6 Å². The van der Waals surface area contributed by atoms with Gasteiger partial charge in [-0.25, -0.2) is 0 Å². The van der Waals surface area contributed by atoms with Gasteiger partial charge in [0.15, 0.2) is 0 Å². The van der Waals surface area contributed by atoms with E-state index in [4.69, 9.17) is 5.21 Å². The molecule has 1 aliphatic heterocycles. The van der Waals surface area contributed by atoms with Crippen LogP contribution in [0.3, 0.4) is 0 Å². The second kappa shape index (κ2) is 4.17. The van der Waals surface area contributed by atoms with Gasteiger partial charge in [-0.05, 0) is 19.3 Å². The maximum absolute atomic E-state index is 8.72. The summed E-state index contributed by atoms with van der Waals surface area (Å²) in [5.41, 5.74) is 0.947. The highest BCUT2D eigenvalue weighted by Crippen LogP contribution is 2.37. The molecule has 1 radical (unpaired) electrons. The van der Waals surface area contributed by atoms with E-state index in [2.05, 4.69) is 25.9 Å². The number of rotatable bonds is 2. The smallest absolute Gasteiger partial charge is 0.0711 e. The highest BCUT2D eigenvalue weighted by molar-refractivity contribution is 8.01. The summed E-state index contributed by atoms with van der Waals surface area (Å²) in [5.74, 6) is 0.434. The van der Waals surface area contributed by atoms with Crippen molar-refractivity contribution in [3.8, 4) is 0 Å². The van der Waals surface area contributed by atoms with Gasteiger partial charge >= 0.3 is 0 Å². The summed E-state index contributed by atoms with van der Waals surface area (Å²) in [6, 6.07) is 0. The summed E-state index contributed by atoms with van der Waals surface area (Å²) in [5, 5.41) is 13.0. The predicted octanol–water partition coefficient (Wildman–Crippen LogP) is 2.57. The Balaban J connectivity index is 2.60. The average molecular weight is 186 g/mol. The first-order chi connectivity index (χ1) is 5.69. The third-order valence-corrected chi connectivity index (χ3v) is 4.17. The Morgan fingerprint density at radius 1 is 1.83 bits per heavy atom. The average Bonchev–Trinajstić information content (AvgIpc) is 2.46. The first-order valence-electron chi connectivity index (χ1n) is 4.38. The first kappa shape index (κ1) is 9.90. The quantitative estimate of drug-likeness (QED) is 0.531. The van der Waals surface area contributed by atoms with E-state index in [-0.39, 0.29) is 0 Å². The minimum Gasteiger partial charge on any atom is -0.411 e. The van der Waals surface area contributed by atoms with Gasteiger partial charge in [0.05, 0.1) is 5.71 Å². The van der Waals surface area contributed by atoms with Crippen LogP contribution < -0.4 is 0 Å². The topological polar surface area (TPSA) is 32.6 Å². The molecule has 0 aromatic heterocycles. The minimum absolute atomic E-state index is 0.421. The lowest BCUT2D eigenvalue weighted by atomic mass is 10.0. The lowest BCUT2D eigenvalue weighted by Crippen LogP contribution is -2.09. The van der Waals surface area contributed by atoms with Gasteiger partial charge in [0, 0.05) is 16.9 Å². The molecular formula is C9H16NOS. The molecule has 1 fully saturated rings. The van der Waals surface area contributed by atoms with Crippen LogP contribution in [0.4, 0.5) is 0 Å². The highest BCUT2D eigenvalue weighted by atomic mass is 32.2. The fourth-order valence-corrected chi connectivity index (χ4v) is 2.90. The largest absolute Gasteiger partial charge is 0.411 e. The Morgan fingerprint density at radius 2 is 2.50 bits per heavy atom. The number of thioether (sulfide) groups is 1. The predicted molar refractivity (Wildman–Crippen MR) is 53.8 cm³/mol. The number of nitrogens with zero attached hydrogens (tertiary/aromatic N) is 1. The zero-order valence-corrected chi connectivity index (χ0v) is 8.47. The van der Waals surface area contributed by atoms with Crippen LogP contribution >= 0.6 is 11.8 Å². The second-order valence-electron chi connectivity index (χ2n) is 3.34. The fourth-order valence-electron chi connectivity index (χ4n) is 1.45. The Morgan fingerprint density at radius 3 is 2.83 bits per heavy atom. The normalized spacial score (nSPS) is 33.5. The van der Waals surface area contributed by atoms with Gasteiger partial charge in [-0.3, -0.25) is 0 Å². The lowest BCUT2D eigenvalue weighted by Gasteiger charge is -2.12. The summed E-state index contributed by atoms with van der Waals surface area (Å²) in [6.45, 7) is 8.24. The van der Waals surface area contributed by atoms with Crippen LogP contribution in [0.15, 0.2) is 5.16 Å². The lowest BCUT2D eigenvalue weighted by molar-refractivity contribution is 0.316. The van der Waals surface area contributed by atoms with E-state index in [9.17, 15) is 0 Å². The molecule has 0 aromatic carbocycles. The molecular weight excluding hydrogens is 170 g/mol. The van der Waals surface area contributed by atoms with Gasteiger partial charge < -0.3 is 5.21 Å². The molecule has 0 aliphatic carbocycles. The van der Waals surface area contributed by atoms with Gasteiger partial charge in [-0.1, -0.05) is 19.0 Å². The van der Waals surface area contributed by atoms with Crippen LogP contribution in [0.1, 0.15) is 26.7 Å². The number of oxime groups is 1. The van der Waals surface area contributed by atoms with E-state index >= 15 is 0 Å². The van der Waals surface area contributed by atoms with Crippen LogP contribution in [0.5, 0.6) is 0 Å². The first-order valence-corrected chi connectivity index (χ1v) is 5.32. The number of hydrogen-bond acceptors (Lipinski definition) is 3. The van der Waals surface area contributed by atoms with Crippen LogP contribution in [0.25, 0.3) is 0 Å². The zero-order chi connectivity index (χ0) is 9.14. The third-order valence-electron chi connectivity index (χ3n) is 2.25. The molecule has 0 amide bonds. The molecule has 3 atom stereocenters. The summed E-state index contributed by atoms with van der Waals surface area (Å²) in [6.07, 6.45) is 1.96. The summed E-state index contributed by atoms with van der Waals surface area (Å²) in [7, 11) is 0. The van der Waals surface area contributed by atoms with E-state index < -0.39 is 0 Å². The zero-order valence-electron chi connectivity index (χ0n) is 7.66. The summed E-state index contributed by atoms with van der Waals surface area (Å²) in [4.78, 5) is 0. The summed E-state index contributed by atoms with van der Waals surface area (Å²) < 4.78 is 0. The molecule has 2 nitrogen and oxygen atoms in total. The monoisotopic (exact) mass is 186 g/mol. The van der Waals surface area contributed by atoms with E-state index in [1.165, 1.54) is 0 Å². The SMILES string of the molecule is [CH2]C(C)C1CC(=NO)C(CC)S1. The van der Waals surface area contributed by atoms with Gasteiger partial charge in [0.2, 0.25) is 0 Å². The van der Waals surface area contributed by atoms with Crippen molar-refractivity contribution in [2.75, 3.05) is 0 Å². The van der Waals surface area contributed by atoms with Crippen LogP contribution in [0, 0.1) is 12.8 Å². The molecule has 3 unspecified atom stereocenters. The Labute approximate surface area is 78.4 Å². The van der Waals surface area contributed by atoms with Gasteiger partial charge in [-0.2, -0.15) is 0 Å². The molecule has 0 saturated carbocycles. The van der Waals surface area contributed by atoms with Crippen molar-refractivity contribution in [2.24, 2.45) is 11.1 Å². The van der Waals surface area contributed by atoms with Crippen molar-refractivity contribution in [3.63, 3.8) is 0 Å². The maximum Gasteiger partial charge on any atom is 0.0711 e. The van der Waals surface area contributed by atoms with E-state index in [1.807, 2.05) is 11.8 Å². The molecule has 1 N–H and O–H groups in total. The molecule has 0 bridgehead atoms. The third kappa shape index (κ3) is 1.94. The van der Waals surface area contributed by atoms with Crippen molar-refractivity contribution in [1.82, 2.24) is 0 Å². The molecule has 1 aliphatic rings. The standard InChI is InChI=1S/C9H16NOS/c1-4-8-7(10-11)5-9(12-8)6(2)3/h6,8-9,11H,2,4-5H2,1,3H3. The van der Waals surface area contributed by atoms with E-state index in [0.29, 0.717) is 16.4 Å². The summed E-state index contributed by atoms with van der Waals surface area (Å²) >= 11 is 1.90. The Hall–Kier alpha value is -0.180. The van der Waals surface area contributed by atoms with Crippen molar-refractivity contribution < 1.29 is 5.21 Å². The van der Waals surface area contributed by atoms with Crippen molar-refractivity contribution in [1.29, 1.82) is 0 Å². The molecule has 0 spiro atoms. The molecule has 0 aromatic rings. The minimum atomic E-state index is 0.421. The van der Waals surface area contributed by atoms with Crippen LogP contribution in [-0.2, 0) is 0 Å². The Kier molecular flexibility index (Phi) is 3.44. The van der Waals surface area contributed by atoms with E-state index in [1.54, 1.807) is 0 Å². The Bertz CT molecular complexity index is 179. The molecule has 1 rings (SSSR count). The van der Waals surface area contributed by atoms with Crippen molar-refractivity contribution >= 4 is 17.5 Å². The second-order valence-corrected chi connectivity index (χ2v) is 4.79. The molecule has 69 valence electrons. The highest BCUT2D eigenvalue weighted by Gasteiger charge is 2.32.